The summed E-state index contributed by atoms with van der Waals surface area (Å²) < 4.78 is 5.17. The van der Waals surface area contributed by atoms with Crippen molar-refractivity contribution in [3.63, 3.8) is 0 Å². The fourth-order valence-electron chi connectivity index (χ4n) is 4.79. The number of methoxy groups -OCH3 is 1. The van der Waals surface area contributed by atoms with Crippen LogP contribution in [-0.4, -0.2) is 69.9 Å². The number of H-pyrrole nitrogens is 1. The third-order valence-electron chi connectivity index (χ3n) is 6.58. The molecule has 4 heterocycles. The fraction of sp³-hybridized carbons (Fsp3) is 0.417. The number of piperidine rings is 1. The first-order chi connectivity index (χ1) is 15.6. The maximum Gasteiger partial charge on any atom is 0.253 e. The van der Waals surface area contributed by atoms with Gasteiger partial charge in [-0.1, -0.05) is 0 Å². The fourth-order valence-corrected chi connectivity index (χ4v) is 4.79. The van der Waals surface area contributed by atoms with Crippen molar-refractivity contribution in [2.24, 2.45) is 5.92 Å². The number of hydrogen-bond donors (Lipinski definition) is 1. The molecule has 0 aliphatic carbocycles. The Bertz CT molecular complexity index is 1090. The molecule has 166 valence electrons. The van der Waals surface area contributed by atoms with Crippen molar-refractivity contribution in [2.45, 2.75) is 25.2 Å². The number of nitrogens with zero attached hydrogens (tertiary/aromatic N) is 4. The lowest BCUT2D eigenvalue weighted by Gasteiger charge is -2.34. The van der Waals surface area contributed by atoms with E-state index in [1.165, 1.54) is 0 Å². The van der Waals surface area contributed by atoms with Crippen LogP contribution < -0.4 is 4.74 Å². The summed E-state index contributed by atoms with van der Waals surface area (Å²) in [5, 5.41) is 0. The topological polar surface area (TPSA) is 91.4 Å². The van der Waals surface area contributed by atoms with Gasteiger partial charge in [-0.25, -0.2) is 4.98 Å². The predicted molar refractivity (Wildman–Crippen MR) is 119 cm³/mol. The number of likely N-dealkylation sites (tertiary alicyclic amines) is 2. The van der Waals surface area contributed by atoms with Crippen molar-refractivity contribution in [1.29, 1.82) is 0 Å². The lowest BCUT2D eigenvalue weighted by molar-refractivity contribution is -0.135. The standard InChI is InChI=1S/C24H27N5O3/c1-32-19-6-4-16(5-7-19)23(30)28-11-2-3-18(15-28)24(31)29-12-9-17(14-29)22-26-20-8-10-25-13-21(20)27-22/h4-8,10,13,17-18H,2-3,9,11-12,14-15H2,1H3,(H,26,27). The van der Waals surface area contributed by atoms with Gasteiger partial charge >= 0.3 is 0 Å². The van der Waals surface area contributed by atoms with E-state index in [0.717, 1.165) is 48.4 Å². The van der Waals surface area contributed by atoms with Crippen LogP contribution in [0.3, 0.4) is 0 Å². The number of fused-ring (bicyclic) bond motifs is 1. The lowest BCUT2D eigenvalue weighted by atomic mass is 9.96. The van der Waals surface area contributed by atoms with Gasteiger partial charge in [0.05, 0.1) is 30.3 Å². The molecule has 2 fully saturated rings. The van der Waals surface area contributed by atoms with E-state index < -0.39 is 0 Å². The van der Waals surface area contributed by atoms with Gasteiger partial charge in [-0.05, 0) is 49.6 Å². The van der Waals surface area contributed by atoms with Crippen molar-refractivity contribution in [3.8, 4) is 5.75 Å². The molecule has 8 nitrogen and oxygen atoms in total. The van der Waals surface area contributed by atoms with Crippen LogP contribution in [0.1, 0.15) is 41.4 Å². The van der Waals surface area contributed by atoms with Crippen LogP contribution >= 0.6 is 0 Å². The van der Waals surface area contributed by atoms with E-state index in [4.69, 9.17) is 4.74 Å². The van der Waals surface area contributed by atoms with E-state index in [2.05, 4.69) is 15.0 Å². The molecule has 2 amide bonds. The van der Waals surface area contributed by atoms with Crippen molar-refractivity contribution in [1.82, 2.24) is 24.8 Å². The molecule has 3 aromatic rings. The highest BCUT2D eigenvalue weighted by Crippen LogP contribution is 2.29. The average Bonchev–Trinajstić information content (AvgIpc) is 3.50. The van der Waals surface area contributed by atoms with Gasteiger partial charge in [-0.15, -0.1) is 0 Å². The summed E-state index contributed by atoms with van der Waals surface area (Å²) in [6.07, 6.45) is 6.06. The second-order valence-electron chi connectivity index (χ2n) is 8.60. The summed E-state index contributed by atoms with van der Waals surface area (Å²) in [4.78, 5) is 42.2. The molecule has 2 saturated heterocycles. The number of aromatic amines is 1. The Morgan fingerprint density at radius 2 is 1.91 bits per heavy atom. The van der Waals surface area contributed by atoms with E-state index in [1.807, 2.05) is 15.9 Å². The molecule has 2 aliphatic rings. The number of aromatic nitrogens is 3. The Labute approximate surface area is 186 Å². The van der Waals surface area contributed by atoms with Gasteiger partial charge in [0.15, 0.2) is 0 Å². The maximum atomic E-state index is 13.3. The Hall–Kier alpha value is -3.42. The molecule has 2 aliphatic heterocycles. The van der Waals surface area contributed by atoms with Crippen molar-refractivity contribution in [3.05, 3.63) is 54.1 Å². The van der Waals surface area contributed by atoms with Gasteiger partial charge in [0.1, 0.15) is 11.6 Å². The number of imidazole rings is 1. The summed E-state index contributed by atoms with van der Waals surface area (Å²) in [6.45, 7) is 2.54. The molecule has 2 atom stereocenters. The minimum Gasteiger partial charge on any atom is -0.497 e. The zero-order chi connectivity index (χ0) is 22.1. The summed E-state index contributed by atoms with van der Waals surface area (Å²) in [5.74, 6) is 1.81. The molecule has 0 bridgehead atoms. The molecular formula is C24H27N5O3. The molecule has 0 spiro atoms. The van der Waals surface area contributed by atoms with Crippen molar-refractivity contribution < 1.29 is 14.3 Å². The van der Waals surface area contributed by atoms with E-state index in [0.29, 0.717) is 25.2 Å². The molecule has 1 aromatic carbocycles. The maximum absolute atomic E-state index is 13.3. The summed E-state index contributed by atoms with van der Waals surface area (Å²) in [7, 11) is 1.60. The zero-order valence-electron chi connectivity index (χ0n) is 18.2. The van der Waals surface area contributed by atoms with E-state index in [-0.39, 0.29) is 23.7 Å². The minimum atomic E-state index is -0.149. The molecule has 0 saturated carbocycles. The van der Waals surface area contributed by atoms with E-state index in [9.17, 15) is 9.59 Å². The van der Waals surface area contributed by atoms with E-state index in [1.54, 1.807) is 43.8 Å². The van der Waals surface area contributed by atoms with E-state index >= 15 is 0 Å². The number of pyridine rings is 1. The predicted octanol–water partition coefficient (Wildman–Crippen LogP) is 2.83. The Kier molecular flexibility index (Phi) is 5.51. The highest BCUT2D eigenvalue weighted by molar-refractivity contribution is 5.95. The number of carbonyl (C=O) groups excluding carboxylic acids is 2. The summed E-state index contributed by atoms with van der Waals surface area (Å²) in [5.41, 5.74) is 2.45. The molecule has 8 heteroatoms. The Morgan fingerprint density at radius 1 is 1.06 bits per heavy atom. The van der Waals surface area contributed by atoms with Crippen LogP contribution in [0.4, 0.5) is 0 Å². The van der Waals surface area contributed by atoms with Crippen LogP contribution in [0.15, 0.2) is 42.7 Å². The van der Waals surface area contributed by atoms with Crippen LogP contribution in [0, 0.1) is 5.92 Å². The monoisotopic (exact) mass is 433 g/mol. The molecular weight excluding hydrogens is 406 g/mol. The Morgan fingerprint density at radius 3 is 2.69 bits per heavy atom. The number of ether oxygens (including phenoxy) is 1. The quantitative estimate of drug-likeness (QED) is 0.683. The van der Waals surface area contributed by atoms with Crippen LogP contribution in [-0.2, 0) is 4.79 Å². The van der Waals surface area contributed by atoms with Crippen molar-refractivity contribution >= 4 is 22.8 Å². The number of benzene rings is 1. The highest BCUT2D eigenvalue weighted by Gasteiger charge is 2.35. The first-order valence-electron chi connectivity index (χ1n) is 11.1. The SMILES string of the molecule is COc1ccc(C(=O)N2CCCC(C(=O)N3CCC(c4nc5ccncc5[nH]4)C3)C2)cc1. The van der Waals surface area contributed by atoms with Gasteiger partial charge < -0.3 is 19.5 Å². The average molecular weight is 434 g/mol. The first-order valence-corrected chi connectivity index (χ1v) is 11.1. The number of rotatable bonds is 4. The molecule has 1 N–H and O–H groups in total. The normalized spacial score (nSPS) is 21.2. The lowest BCUT2D eigenvalue weighted by Crippen LogP contribution is -2.46. The minimum absolute atomic E-state index is 0.0275. The number of carbonyl (C=O) groups is 2. The second kappa shape index (κ2) is 8.61. The smallest absolute Gasteiger partial charge is 0.253 e. The summed E-state index contributed by atoms with van der Waals surface area (Å²) in [6, 6.07) is 9.03. The number of nitrogens with one attached hydrogen (secondary N) is 1. The van der Waals surface area contributed by atoms with Crippen molar-refractivity contribution in [2.75, 3.05) is 33.3 Å². The Balaban J connectivity index is 1.22. The molecule has 0 radical (unpaired) electrons. The van der Waals surface area contributed by atoms with Gasteiger partial charge in [0.25, 0.3) is 5.91 Å². The molecule has 32 heavy (non-hydrogen) atoms. The zero-order valence-corrected chi connectivity index (χ0v) is 18.2. The van der Waals surface area contributed by atoms with Crippen LogP contribution in [0.2, 0.25) is 0 Å². The molecule has 2 aromatic heterocycles. The third-order valence-corrected chi connectivity index (χ3v) is 6.58. The van der Waals surface area contributed by atoms with Crippen LogP contribution in [0.5, 0.6) is 5.75 Å². The van der Waals surface area contributed by atoms with Crippen LogP contribution in [0.25, 0.3) is 11.0 Å². The van der Waals surface area contributed by atoms with Gasteiger partial charge in [-0.3, -0.25) is 14.6 Å². The number of hydrogen-bond acceptors (Lipinski definition) is 5. The van der Waals surface area contributed by atoms with Gasteiger partial charge in [-0.2, -0.15) is 0 Å². The van der Waals surface area contributed by atoms with Gasteiger partial charge in [0.2, 0.25) is 5.91 Å². The first kappa shape index (κ1) is 20.5. The number of amides is 2. The third kappa shape index (κ3) is 3.92. The largest absolute Gasteiger partial charge is 0.497 e. The second-order valence-corrected chi connectivity index (χ2v) is 8.60. The summed E-state index contributed by atoms with van der Waals surface area (Å²) >= 11 is 0. The van der Waals surface area contributed by atoms with Gasteiger partial charge in [0, 0.05) is 43.9 Å². The molecule has 2 unspecified atom stereocenters. The molecule has 5 rings (SSSR count). The highest BCUT2D eigenvalue weighted by atomic mass is 16.5.